The molecule has 0 atom stereocenters. The van der Waals surface area contributed by atoms with Gasteiger partial charge in [0.15, 0.2) is 5.82 Å². The molecule has 1 aromatic heterocycles. The highest BCUT2D eigenvalue weighted by molar-refractivity contribution is 6.31. The molecule has 0 saturated heterocycles. The van der Waals surface area contributed by atoms with E-state index in [2.05, 4.69) is 10.1 Å². The SMILES string of the molecule is NC1(c2noc(-c3cc(Cl)cc([N+](=O)[O-])c3)n2)CCC1. The first-order chi connectivity index (χ1) is 9.48. The van der Waals surface area contributed by atoms with E-state index in [0.717, 1.165) is 19.3 Å². The van der Waals surface area contributed by atoms with Crippen molar-refractivity contribution in [2.24, 2.45) is 5.73 Å². The van der Waals surface area contributed by atoms with Crippen molar-refractivity contribution in [1.82, 2.24) is 10.1 Å². The maximum absolute atomic E-state index is 10.8. The van der Waals surface area contributed by atoms with Crippen molar-refractivity contribution in [1.29, 1.82) is 0 Å². The van der Waals surface area contributed by atoms with Gasteiger partial charge >= 0.3 is 0 Å². The number of rotatable bonds is 3. The van der Waals surface area contributed by atoms with E-state index in [1.165, 1.54) is 18.2 Å². The van der Waals surface area contributed by atoms with Gasteiger partial charge < -0.3 is 10.3 Å². The topological polar surface area (TPSA) is 108 Å². The highest BCUT2D eigenvalue weighted by Gasteiger charge is 2.39. The summed E-state index contributed by atoms with van der Waals surface area (Å²) >= 11 is 5.86. The van der Waals surface area contributed by atoms with Crippen LogP contribution in [-0.4, -0.2) is 15.1 Å². The van der Waals surface area contributed by atoms with Gasteiger partial charge in [0, 0.05) is 22.7 Å². The standard InChI is InChI=1S/C12H11ClN4O3/c13-8-4-7(5-9(6-8)17(18)19)10-15-11(16-20-10)12(14)2-1-3-12/h4-6H,1-3,14H2. The fraction of sp³-hybridized carbons (Fsp3) is 0.333. The van der Waals surface area contributed by atoms with Gasteiger partial charge in [-0.05, 0) is 25.3 Å². The summed E-state index contributed by atoms with van der Waals surface area (Å²) in [4.78, 5) is 14.5. The maximum Gasteiger partial charge on any atom is 0.271 e. The lowest BCUT2D eigenvalue weighted by molar-refractivity contribution is -0.384. The number of nitrogens with two attached hydrogens (primary N) is 1. The minimum Gasteiger partial charge on any atom is -0.334 e. The molecule has 8 heteroatoms. The molecule has 0 aliphatic heterocycles. The van der Waals surface area contributed by atoms with Gasteiger partial charge in [-0.3, -0.25) is 10.1 Å². The molecule has 0 radical (unpaired) electrons. The van der Waals surface area contributed by atoms with E-state index in [0.29, 0.717) is 11.4 Å². The Hall–Kier alpha value is -1.99. The van der Waals surface area contributed by atoms with Crippen LogP contribution in [0.1, 0.15) is 25.1 Å². The Labute approximate surface area is 118 Å². The van der Waals surface area contributed by atoms with Gasteiger partial charge in [-0.2, -0.15) is 4.98 Å². The first kappa shape index (κ1) is 13.0. The Kier molecular flexibility index (Phi) is 2.95. The van der Waals surface area contributed by atoms with Gasteiger partial charge in [0.2, 0.25) is 0 Å². The second-order valence-electron chi connectivity index (χ2n) is 4.89. The molecule has 0 amide bonds. The fourth-order valence-corrected chi connectivity index (χ4v) is 2.36. The Morgan fingerprint density at radius 3 is 2.75 bits per heavy atom. The van der Waals surface area contributed by atoms with Crippen LogP contribution in [0.3, 0.4) is 0 Å². The van der Waals surface area contributed by atoms with Crippen molar-refractivity contribution in [3.05, 3.63) is 39.2 Å². The first-order valence-electron chi connectivity index (χ1n) is 6.06. The molecule has 1 heterocycles. The molecule has 0 unspecified atom stereocenters. The monoisotopic (exact) mass is 294 g/mol. The van der Waals surface area contributed by atoms with Crippen molar-refractivity contribution >= 4 is 17.3 Å². The largest absolute Gasteiger partial charge is 0.334 e. The van der Waals surface area contributed by atoms with Crippen LogP contribution in [0.25, 0.3) is 11.5 Å². The van der Waals surface area contributed by atoms with E-state index in [4.69, 9.17) is 21.9 Å². The summed E-state index contributed by atoms with van der Waals surface area (Å²) in [6.07, 6.45) is 2.65. The van der Waals surface area contributed by atoms with Gasteiger partial charge in [0.1, 0.15) is 0 Å². The van der Waals surface area contributed by atoms with E-state index in [-0.39, 0.29) is 16.6 Å². The third-order valence-corrected chi connectivity index (χ3v) is 3.68. The van der Waals surface area contributed by atoms with Gasteiger partial charge in [0.05, 0.1) is 10.5 Å². The fourth-order valence-electron chi connectivity index (χ4n) is 2.13. The Morgan fingerprint density at radius 1 is 1.40 bits per heavy atom. The summed E-state index contributed by atoms with van der Waals surface area (Å²) in [7, 11) is 0. The number of non-ortho nitro benzene ring substituents is 1. The summed E-state index contributed by atoms with van der Waals surface area (Å²) in [5.41, 5.74) is 5.85. The van der Waals surface area contributed by atoms with E-state index in [1.807, 2.05) is 0 Å². The Bertz CT molecular complexity index is 681. The molecule has 1 aliphatic carbocycles. The lowest BCUT2D eigenvalue weighted by Crippen LogP contribution is -2.44. The molecule has 0 bridgehead atoms. The molecule has 2 N–H and O–H groups in total. The molecule has 0 spiro atoms. The average Bonchev–Trinajstić information content (AvgIpc) is 2.85. The lowest BCUT2D eigenvalue weighted by Gasteiger charge is -2.34. The quantitative estimate of drug-likeness (QED) is 0.688. The Balaban J connectivity index is 1.99. The van der Waals surface area contributed by atoms with Gasteiger partial charge in [-0.15, -0.1) is 0 Å². The Morgan fingerprint density at radius 2 is 2.15 bits per heavy atom. The molecule has 7 nitrogen and oxygen atoms in total. The predicted molar refractivity (Wildman–Crippen MR) is 71.1 cm³/mol. The van der Waals surface area contributed by atoms with Gasteiger partial charge in [0.25, 0.3) is 11.6 Å². The molecular formula is C12H11ClN4O3. The van der Waals surface area contributed by atoms with Crippen LogP contribution in [0.5, 0.6) is 0 Å². The van der Waals surface area contributed by atoms with Crippen molar-refractivity contribution in [2.45, 2.75) is 24.8 Å². The summed E-state index contributed by atoms with van der Waals surface area (Å²) in [5.74, 6) is 0.615. The zero-order chi connectivity index (χ0) is 14.3. The highest BCUT2D eigenvalue weighted by Crippen LogP contribution is 2.38. The van der Waals surface area contributed by atoms with Crippen molar-refractivity contribution in [3.8, 4) is 11.5 Å². The van der Waals surface area contributed by atoms with E-state index in [1.54, 1.807) is 0 Å². The van der Waals surface area contributed by atoms with Gasteiger partial charge in [-0.25, -0.2) is 0 Å². The van der Waals surface area contributed by atoms with Gasteiger partial charge in [-0.1, -0.05) is 16.8 Å². The van der Waals surface area contributed by atoms with E-state index < -0.39 is 10.5 Å². The molecular weight excluding hydrogens is 284 g/mol. The number of aromatic nitrogens is 2. The van der Waals surface area contributed by atoms with Crippen LogP contribution in [0.2, 0.25) is 5.02 Å². The van der Waals surface area contributed by atoms with Crippen LogP contribution in [0.15, 0.2) is 22.7 Å². The number of nitro benzene ring substituents is 1. The second kappa shape index (κ2) is 4.53. The molecule has 1 aromatic carbocycles. The smallest absolute Gasteiger partial charge is 0.271 e. The third kappa shape index (κ3) is 2.14. The van der Waals surface area contributed by atoms with E-state index in [9.17, 15) is 10.1 Å². The zero-order valence-corrected chi connectivity index (χ0v) is 11.1. The molecule has 2 aromatic rings. The molecule has 20 heavy (non-hydrogen) atoms. The van der Waals surface area contributed by atoms with Crippen molar-refractivity contribution < 1.29 is 9.45 Å². The number of nitro groups is 1. The summed E-state index contributed by atoms with van der Waals surface area (Å²) < 4.78 is 5.14. The summed E-state index contributed by atoms with van der Waals surface area (Å²) in [6, 6.07) is 4.14. The minimum absolute atomic E-state index is 0.127. The van der Waals surface area contributed by atoms with Crippen LogP contribution in [0, 0.1) is 10.1 Å². The zero-order valence-electron chi connectivity index (χ0n) is 10.4. The van der Waals surface area contributed by atoms with Crippen molar-refractivity contribution in [3.63, 3.8) is 0 Å². The van der Waals surface area contributed by atoms with Crippen LogP contribution in [-0.2, 0) is 5.54 Å². The van der Waals surface area contributed by atoms with E-state index >= 15 is 0 Å². The predicted octanol–water partition coefficient (Wildman–Crippen LogP) is 2.64. The minimum atomic E-state index is -0.535. The molecule has 1 saturated carbocycles. The molecule has 1 fully saturated rings. The third-order valence-electron chi connectivity index (χ3n) is 3.46. The average molecular weight is 295 g/mol. The van der Waals surface area contributed by atoms with Crippen LogP contribution in [0.4, 0.5) is 5.69 Å². The van der Waals surface area contributed by atoms with Crippen molar-refractivity contribution in [2.75, 3.05) is 0 Å². The second-order valence-corrected chi connectivity index (χ2v) is 5.32. The lowest BCUT2D eigenvalue weighted by atomic mass is 9.77. The van der Waals surface area contributed by atoms with Crippen LogP contribution >= 0.6 is 11.6 Å². The van der Waals surface area contributed by atoms with Crippen LogP contribution < -0.4 is 5.73 Å². The number of benzene rings is 1. The maximum atomic E-state index is 10.8. The molecule has 104 valence electrons. The number of halogens is 1. The number of nitrogens with zero attached hydrogens (tertiary/aromatic N) is 3. The first-order valence-corrected chi connectivity index (χ1v) is 6.44. The number of hydrogen-bond donors (Lipinski definition) is 1. The molecule has 1 aliphatic rings. The normalized spacial score (nSPS) is 16.7. The summed E-state index contributed by atoms with van der Waals surface area (Å²) in [6.45, 7) is 0. The summed E-state index contributed by atoms with van der Waals surface area (Å²) in [5, 5.41) is 14.9. The highest BCUT2D eigenvalue weighted by atomic mass is 35.5. The molecule has 3 rings (SSSR count). The number of hydrogen-bond acceptors (Lipinski definition) is 6.